The Kier molecular flexibility index (Phi) is 5.74. The van der Waals surface area contributed by atoms with Crippen molar-refractivity contribution in [1.82, 2.24) is 5.32 Å². The molecular weight excluding hydrogens is 274 g/mol. The van der Waals surface area contributed by atoms with E-state index in [2.05, 4.69) is 10.6 Å². The van der Waals surface area contributed by atoms with E-state index in [-0.39, 0.29) is 5.69 Å². The third-order valence-electron chi connectivity index (χ3n) is 2.14. The van der Waals surface area contributed by atoms with E-state index >= 15 is 0 Å². The number of non-ortho nitro benzene ring substituents is 1. The van der Waals surface area contributed by atoms with Gasteiger partial charge < -0.3 is 10.6 Å². The molecule has 0 spiro atoms. The molecule has 1 aromatic carbocycles. The number of benzene rings is 1. The van der Waals surface area contributed by atoms with Crippen molar-refractivity contribution in [3.63, 3.8) is 0 Å². The van der Waals surface area contributed by atoms with E-state index in [1.54, 1.807) is 0 Å². The highest BCUT2D eigenvalue weighted by molar-refractivity contribution is 6.39. The van der Waals surface area contributed by atoms with Crippen LogP contribution in [0.1, 0.15) is 6.42 Å². The molecular formula is C11H12ClN3O4. The van der Waals surface area contributed by atoms with Crippen molar-refractivity contribution in [2.75, 3.05) is 17.7 Å². The van der Waals surface area contributed by atoms with Gasteiger partial charge in [-0.2, -0.15) is 0 Å². The summed E-state index contributed by atoms with van der Waals surface area (Å²) in [4.78, 5) is 32.6. The van der Waals surface area contributed by atoms with Gasteiger partial charge in [0.2, 0.25) is 0 Å². The van der Waals surface area contributed by atoms with Gasteiger partial charge in [0.05, 0.1) is 4.92 Å². The molecule has 0 unspecified atom stereocenters. The number of halogens is 1. The van der Waals surface area contributed by atoms with Gasteiger partial charge in [-0.05, 0) is 18.6 Å². The molecule has 0 aromatic heterocycles. The van der Waals surface area contributed by atoms with E-state index in [0.29, 0.717) is 24.5 Å². The highest BCUT2D eigenvalue weighted by atomic mass is 35.5. The van der Waals surface area contributed by atoms with Crippen molar-refractivity contribution < 1.29 is 14.5 Å². The molecule has 2 amide bonds. The van der Waals surface area contributed by atoms with Gasteiger partial charge in [-0.15, -0.1) is 11.6 Å². The highest BCUT2D eigenvalue weighted by Crippen LogP contribution is 2.15. The average molecular weight is 286 g/mol. The summed E-state index contributed by atoms with van der Waals surface area (Å²) in [7, 11) is 0. The number of nitro groups is 1. The number of carbonyl (C=O) groups is 2. The van der Waals surface area contributed by atoms with Crippen LogP contribution in [0.15, 0.2) is 24.3 Å². The lowest BCUT2D eigenvalue weighted by molar-refractivity contribution is -0.384. The number of amides is 2. The second-order valence-corrected chi connectivity index (χ2v) is 3.93. The molecule has 7 nitrogen and oxygen atoms in total. The van der Waals surface area contributed by atoms with Crippen molar-refractivity contribution in [3.8, 4) is 0 Å². The van der Waals surface area contributed by atoms with Gasteiger partial charge in [0.1, 0.15) is 0 Å². The summed E-state index contributed by atoms with van der Waals surface area (Å²) in [6, 6.07) is 5.17. The summed E-state index contributed by atoms with van der Waals surface area (Å²) in [6.45, 7) is 0.315. The number of carbonyl (C=O) groups excluding carboxylic acids is 2. The third-order valence-corrected chi connectivity index (χ3v) is 2.41. The summed E-state index contributed by atoms with van der Waals surface area (Å²) in [5, 5.41) is 15.2. The summed E-state index contributed by atoms with van der Waals surface area (Å²) in [6.07, 6.45) is 0.568. The van der Waals surface area contributed by atoms with Gasteiger partial charge in [-0.3, -0.25) is 19.7 Å². The number of anilines is 1. The first-order chi connectivity index (χ1) is 9.04. The van der Waals surface area contributed by atoms with Crippen LogP contribution in [0.25, 0.3) is 0 Å². The van der Waals surface area contributed by atoms with E-state index in [4.69, 9.17) is 11.6 Å². The van der Waals surface area contributed by atoms with Crippen LogP contribution in [0.2, 0.25) is 0 Å². The van der Waals surface area contributed by atoms with Crippen LogP contribution in [-0.4, -0.2) is 29.2 Å². The topological polar surface area (TPSA) is 101 Å². The van der Waals surface area contributed by atoms with Crippen molar-refractivity contribution >= 4 is 34.8 Å². The number of rotatable bonds is 5. The van der Waals surface area contributed by atoms with E-state index in [0.717, 1.165) is 0 Å². The molecule has 0 atom stereocenters. The number of nitrogens with zero attached hydrogens (tertiary/aromatic N) is 1. The zero-order valence-corrected chi connectivity index (χ0v) is 10.6. The van der Waals surface area contributed by atoms with Gasteiger partial charge >= 0.3 is 11.8 Å². The average Bonchev–Trinajstić information content (AvgIpc) is 2.39. The SMILES string of the molecule is O=C(NCCCCl)C(=O)Nc1ccc([N+](=O)[O-])cc1. The molecule has 0 aliphatic heterocycles. The van der Waals surface area contributed by atoms with Crippen molar-refractivity contribution in [2.24, 2.45) is 0 Å². The molecule has 19 heavy (non-hydrogen) atoms. The summed E-state index contributed by atoms with van der Waals surface area (Å²) in [5.74, 6) is -1.21. The molecule has 0 radical (unpaired) electrons. The number of nitrogens with one attached hydrogen (secondary N) is 2. The minimum atomic E-state index is -0.830. The fourth-order valence-electron chi connectivity index (χ4n) is 1.20. The Morgan fingerprint density at radius 1 is 1.21 bits per heavy atom. The predicted octanol–water partition coefficient (Wildman–Crippen LogP) is 1.28. The monoisotopic (exact) mass is 285 g/mol. The Hall–Kier alpha value is -2.15. The first-order valence-electron chi connectivity index (χ1n) is 5.44. The van der Waals surface area contributed by atoms with Crippen LogP contribution in [0.4, 0.5) is 11.4 Å². The van der Waals surface area contributed by atoms with E-state index in [1.807, 2.05) is 0 Å². The molecule has 2 N–H and O–H groups in total. The number of nitro benzene ring substituents is 1. The standard InChI is InChI=1S/C11H12ClN3O4/c12-6-1-7-13-10(16)11(17)14-8-2-4-9(5-3-8)15(18)19/h2-5H,1,6-7H2,(H,13,16)(H,14,17). The maximum atomic E-state index is 11.4. The highest BCUT2D eigenvalue weighted by Gasteiger charge is 2.13. The van der Waals surface area contributed by atoms with Gasteiger partial charge in [-0.1, -0.05) is 0 Å². The first kappa shape index (κ1) is 14.9. The van der Waals surface area contributed by atoms with Crippen LogP contribution in [0.3, 0.4) is 0 Å². The van der Waals surface area contributed by atoms with Crippen molar-refractivity contribution in [1.29, 1.82) is 0 Å². The van der Waals surface area contributed by atoms with Gasteiger partial charge in [0.25, 0.3) is 5.69 Å². The second-order valence-electron chi connectivity index (χ2n) is 3.56. The van der Waals surface area contributed by atoms with E-state index in [1.165, 1.54) is 24.3 Å². The fourth-order valence-corrected chi connectivity index (χ4v) is 1.34. The molecule has 8 heteroatoms. The number of hydrogen-bond donors (Lipinski definition) is 2. The lowest BCUT2D eigenvalue weighted by Crippen LogP contribution is -2.36. The Morgan fingerprint density at radius 3 is 2.37 bits per heavy atom. The summed E-state index contributed by atoms with van der Waals surface area (Å²) < 4.78 is 0. The Balaban J connectivity index is 2.52. The van der Waals surface area contributed by atoms with Crippen LogP contribution in [-0.2, 0) is 9.59 Å². The molecule has 0 heterocycles. The van der Waals surface area contributed by atoms with Gasteiger partial charge in [0.15, 0.2) is 0 Å². The molecule has 0 aliphatic rings. The quantitative estimate of drug-likeness (QED) is 0.280. The maximum absolute atomic E-state index is 11.4. The lowest BCUT2D eigenvalue weighted by atomic mass is 10.3. The molecule has 0 fully saturated rings. The van der Waals surface area contributed by atoms with Crippen LogP contribution in [0.5, 0.6) is 0 Å². The van der Waals surface area contributed by atoms with Crippen molar-refractivity contribution in [3.05, 3.63) is 34.4 Å². The minimum absolute atomic E-state index is 0.0930. The number of hydrogen-bond acceptors (Lipinski definition) is 4. The second kappa shape index (κ2) is 7.32. The van der Waals surface area contributed by atoms with Gasteiger partial charge in [0, 0.05) is 30.2 Å². The summed E-state index contributed by atoms with van der Waals surface area (Å²) in [5.41, 5.74) is 0.215. The molecule has 0 saturated heterocycles. The Morgan fingerprint density at radius 2 is 1.84 bits per heavy atom. The fraction of sp³-hybridized carbons (Fsp3) is 0.273. The Labute approximate surface area is 114 Å². The molecule has 0 aliphatic carbocycles. The van der Waals surface area contributed by atoms with E-state index in [9.17, 15) is 19.7 Å². The smallest absolute Gasteiger partial charge is 0.313 e. The zero-order valence-electron chi connectivity index (χ0n) is 9.89. The zero-order chi connectivity index (χ0) is 14.3. The molecule has 1 rings (SSSR count). The largest absolute Gasteiger partial charge is 0.348 e. The molecule has 0 bridgehead atoms. The predicted molar refractivity (Wildman–Crippen MR) is 70.1 cm³/mol. The maximum Gasteiger partial charge on any atom is 0.313 e. The third kappa shape index (κ3) is 4.92. The minimum Gasteiger partial charge on any atom is -0.348 e. The first-order valence-corrected chi connectivity index (χ1v) is 5.97. The normalized spacial score (nSPS) is 9.74. The van der Waals surface area contributed by atoms with Gasteiger partial charge in [-0.25, -0.2) is 0 Å². The molecule has 0 saturated carbocycles. The Bertz CT molecular complexity index is 475. The van der Waals surface area contributed by atoms with Crippen LogP contribution < -0.4 is 10.6 Å². The van der Waals surface area contributed by atoms with Crippen molar-refractivity contribution in [2.45, 2.75) is 6.42 Å². The van der Waals surface area contributed by atoms with Crippen LogP contribution >= 0.6 is 11.6 Å². The van der Waals surface area contributed by atoms with Crippen LogP contribution in [0, 0.1) is 10.1 Å². The summed E-state index contributed by atoms with van der Waals surface area (Å²) >= 11 is 5.43. The van der Waals surface area contributed by atoms with E-state index < -0.39 is 16.7 Å². The lowest BCUT2D eigenvalue weighted by Gasteiger charge is -2.05. The number of alkyl halides is 1. The molecule has 1 aromatic rings. The molecule has 102 valence electrons.